The van der Waals surface area contributed by atoms with Crippen LogP contribution < -0.4 is 10.6 Å². The number of hydrogen-bond acceptors (Lipinski definition) is 3. The summed E-state index contributed by atoms with van der Waals surface area (Å²) in [7, 11) is 0. The van der Waals surface area contributed by atoms with E-state index in [4.69, 9.17) is 5.73 Å². The van der Waals surface area contributed by atoms with Crippen LogP contribution in [0.15, 0.2) is 12.3 Å². The summed E-state index contributed by atoms with van der Waals surface area (Å²) in [5, 5.41) is 4.29. The lowest BCUT2D eigenvalue weighted by Crippen LogP contribution is -2.31. The van der Waals surface area contributed by atoms with Gasteiger partial charge in [-0.05, 0) is 12.8 Å². The molecule has 1 aliphatic heterocycles. The second-order valence-electron chi connectivity index (χ2n) is 5.43. The fourth-order valence-corrected chi connectivity index (χ4v) is 2.24. The number of carbonyl (C=O) groups is 2. The summed E-state index contributed by atoms with van der Waals surface area (Å²) in [5.41, 5.74) is 5.28. The van der Waals surface area contributed by atoms with Crippen LogP contribution >= 0.6 is 0 Å². The molecular formula is C13H20N4O2. The molecule has 6 heteroatoms. The van der Waals surface area contributed by atoms with E-state index in [1.165, 1.54) is 0 Å². The van der Waals surface area contributed by atoms with Crippen molar-refractivity contribution in [2.75, 3.05) is 11.4 Å². The zero-order valence-corrected chi connectivity index (χ0v) is 11.5. The van der Waals surface area contributed by atoms with Crippen LogP contribution in [0.25, 0.3) is 0 Å². The topological polar surface area (TPSA) is 81.2 Å². The van der Waals surface area contributed by atoms with Gasteiger partial charge in [-0.25, -0.2) is 4.68 Å². The van der Waals surface area contributed by atoms with Crippen LogP contribution in [-0.2, 0) is 9.59 Å². The van der Waals surface area contributed by atoms with Crippen LogP contribution in [0.2, 0.25) is 0 Å². The van der Waals surface area contributed by atoms with E-state index in [9.17, 15) is 9.59 Å². The second kappa shape index (κ2) is 5.03. The molecule has 0 saturated carbocycles. The minimum Gasteiger partial charge on any atom is -0.369 e. The Morgan fingerprint density at radius 2 is 2.16 bits per heavy atom. The number of aromatic nitrogens is 2. The fourth-order valence-electron chi connectivity index (χ4n) is 2.24. The maximum Gasteiger partial charge on any atom is 0.229 e. The minimum atomic E-state index is -0.418. The van der Waals surface area contributed by atoms with Crippen molar-refractivity contribution in [3.63, 3.8) is 0 Å². The highest BCUT2D eigenvalue weighted by molar-refractivity contribution is 5.99. The van der Waals surface area contributed by atoms with Crippen molar-refractivity contribution in [1.82, 2.24) is 9.78 Å². The predicted molar refractivity (Wildman–Crippen MR) is 71.4 cm³/mol. The molecule has 2 amide bonds. The van der Waals surface area contributed by atoms with Gasteiger partial charge in [-0.1, -0.05) is 13.8 Å². The first-order valence-corrected chi connectivity index (χ1v) is 6.55. The highest BCUT2D eigenvalue weighted by Gasteiger charge is 2.35. The maximum atomic E-state index is 12.0. The van der Waals surface area contributed by atoms with Crippen LogP contribution in [0.3, 0.4) is 0 Å². The van der Waals surface area contributed by atoms with Gasteiger partial charge in [0.1, 0.15) is 5.82 Å². The molecule has 104 valence electrons. The number of rotatable bonds is 4. The van der Waals surface area contributed by atoms with Gasteiger partial charge in [0.2, 0.25) is 11.8 Å². The summed E-state index contributed by atoms with van der Waals surface area (Å²) in [6.45, 7) is 6.63. The number of amides is 2. The Morgan fingerprint density at radius 3 is 2.68 bits per heavy atom. The van der Waals surface area contributed by atoms with Crippen molar-refractivity contribution in [1.29, 1.82) is 0 Å². The van der Waals surface area contributed by atoms with Crippen molar-refractivity contribution in [2.24, 2.45) is 17.6 Å². The van der Waals surface area contributed by atoms with Crippen molar-refractivity contribution < 1.29 is 9.59 Å². The normalized spacial score (nSPS) is 21.2. The lowest BCUT2D eigenvalue weighted by Gasteiger charge is -2.23. The highest BCUT2D eigenvalue weighted by atomic mass is 16.2. The molecule has 2 N–H and O–H groups in total. The van der Waals surface area contributed by atoms with Gasteiger partial charge in [0.05, 0.1) is 18.2 Å². The Hall–Kier alpha value is -1.85. The molecule has 6 nitrogen and oxygen atoms in total. The van der Waals surface area contributed by atoms with E-state index >= 15 is 0 Å². The molecule has 1 fully saturated rings. The average Bonchev–Trinajstić information content (AvgIpc) is 2.93. The van der Waals surface area contributed by atoms with Gasteiger partial charge in [-0.2, -0.15) is 5.10 Å². The fraction of sp³-hybridized carbons (Fsp3) is 0.615. The molecular weight excluding hydrogens is 244 g/mol. The number of carbonyl (C=O) groups excluding carboxylic acids is 2. The van der Waals surface area contributed by atoms with Crippen molar-refractivity contribution in [2.45, 2.75) is 33.2 Å². The lowest BCUT2D eigenvalue weighted by molar-refractivity contribution is -0.123. The van der Waals surface area contributed by atoms with Gasteiger partial charge in [0, 0.05) is 19.0 Å². The third kappa shape index (κ3) is 2.47. The van der Waals surface area contributed by atoms with E-state index < -0.39 is 11.8 Å². The van der Waals surface area contributed by atoms with E-state index in [1.807, 2.05) is 4.68 Å². The molecule has 2 heterocycles. The largest absolute Gasteiger partial charge is 0.369 e. The van der Waals surface area contributed by atoms with Crippen LogP contribution in [-0.4, -0.2) is 28.1 Å². The Kier molecular flexibility index (Phi) is 3.59. The van der Waals surface area contributed by atoms with Gasteiger partial charge in [-0.15, -0.1) is 0 Å². The molecule has 1 aromatic heterocycles. The smallest absolute Gasteiger partial charge is 0.229 e. The Bertz CT molecular complexity index is 495. The molecule has 19 heavy (non-hydrogen) atoms. The van der Waals surface area contributed by atoms with Gasteiger partial charge in [0.15, 0.2) is 0 Å². The van der Waals surface area contributed by atoms with E-state index in [1.54, 1.807) is 17.2 Å². The quantitative estimate of drug-likeness (QED) is 0.878. The average molecular weight is 264 g/mol. The molecule has 0 aliphatic carbocycles. The van der Waals surface area contributed by atoms with Crippen LogP contribution in [0.1, 0.15) is 33.2 Å². The van der Waals surface area contributed by atoms with Crippen LogP contribution in [0, 0.1) is 11.8 Å². The number of hydrogen-bond donors (Lipinski definition) is 1. The SMILES string of the molecule is CC(C)C(C)n1nccc1N1CC(C(N)=O)CC1=O. The van der Waals surface area contributed by atoms with E-state index in [0.717, 1.165) is 5.82 Å². The van der Waals surface area contributed by atoms with E-state index in [2.05, 4.69) is 25.9 Å². The number of nitrogens with two attached hydrogens (primary N) is 1. The van der Waals surface area contributed by atoms with E-state index in [-0.39, 0.29) is 18.4 Å². The lowest BCUT2D eigenvalue weighted by atomic mass is 10.1. The van der Waals surface area contributed by atoms with Crippen molar-refractivity contribution >= 4 is 17.6 Å². The van der Waals surface area contributed by atoms with Gasteiger partial charge < -0.3 is 5.73 Å². The second-order valence-corrected chi connectivity index (χ2v) is 5.43. The maximum absolute atomic E-state index is 12.0. The molecule has 0 spiro atoms. The van der Waals surface area contributed by atoms with Crippen LogP contribution in [0.5, 0.6) is 0 Å². The molecule has 0 radical (unpaired) electrons. The Balaban J connectivity index is 2.26. The molecule has 2 atom stereocenters. The molecule has 1 aromatic rings. The highest BCUT2D eigenvalue weighted by Crippen LogP contribution is 2.28. The molecule has 0 aromatic carbocycles. The molecule has 0 bridgehead atoms. The minimum absolute atomic E-state index is 0.0680. The van der Waals surface area contributed by atoms with Gasteiger partial charge in [-0.3, -0.25) is 14.5 Å². The van der Waals surface area contributed by atoms with Gasteiger partial charge in [0.25, 0.3) is 0 Å². The monoisotopic (exact) mass is 264 g/mol. The summed E-state index contributed by atoms with van der Waals surface area (Å²) < 4.78 is 1.84. The summed E-state index contributed by atoms with van der Waals surface area (Å²) in [6, 6.07) is 1.99. The summed E-state index contributed by atoms with van der Waals surface area (Å²) in [4.78, 5) is 24.8. The third-order valence-electron chi connectivity index (χ3n) is 3.80. The number of nitrogens with zero attached hydrogens (tertiary/aromatic N) is 3. The molecule has 2 rings (SSSR count). The van der Waals surface area contributed by atoms with Gasteiger partial charge >= 0.3 is 0 Å². The standard InChI is InChI=1S/C13H20N4O2/c1-8(2)9(3)17-11(4-5-15-17)16-7-10(13(14)19)6-12(16)18/h4-5,8-10H,6-7H2,1-3H3,(H2,14,19). The van der Waals surface area contributed by atoms with Crippen LogP contribution in [0.4, 0.5) is 5.82 Å². The van der Waals surface area contributed by atoms with Crippen molar-refractivity contribution in [3.8, 4) is 0 Å². The first-order valence-electron chi connectivity index (χ1n) is 6.55. The zero-order valence-electron chi connectivity index (χ0n) is 11.5. The first-order chi connectivity index (χ1) is 8.91. The summed E-state index contributed by atoms with van der Waals surface area (Å²) in [5.74, 6) is 0.267. The zero-order chi connectivity index (χ0) is 14.2. The Labute approximate surface area is 112 Å². The molecule has 1 saturated heterocycles. The number of primary amides is 1. The van der Waals surface area contributed by atoms with Crippen molar-refractivity contribution in [3.05, 3.63) is 12.3 Å². The molecule has 1 aliphatic rings. The third-order valence-corrected chi connectivity index (χ3v) is 3.80. The predicted octanol–water partition coefficient (Wildman–Crippen LogP) is 0.938. The van der Waals surface area contributed by atoms with E-state index in [0.29, 0.717) is 12.5 Å². The summed E-state index contributed by atoms with van der Waals surface area (Å²) >= 11 is 0. The Morgan fingerprint density at radius 1 is 1.47 bits per heavy atom. The first kappa shape index (κ1) is 13.6. The number of anilines is 1. The summed E-state index contributed by atoms with van der Waals surface area (Å²) in [6.07, 6.45) is 1.87. The molecule has 2 unspecified atom stereocenters.